The Morgan fingerprint density at radius 2 is 1.72 bits per heavy atom. The fourth-order valence-electron chi connectivity index (χ4n) is 3.63. The molecule has 170 valence electrons. The number of aliphatic hydroxyl groups excluding tert-OH is 1. The van der Waals surface area contributed by atoms with E-state index in [0.29, 0.717) is 25.5 Å². The van der Waals surface area contributed by atoms with Crippen LogP contribution in [0.25, 0.3) is 0 Å². The highest BCUT2D eigenvalue weighted by atomic mass is 19.1. The molecule has 32 heavy (non-hydrogen) atoms. The average molecular weight is 445 g/mol. The van der Waals surface area contributed by atoms with Crippen LogP contribution in [0.2, 0.25) is 0 Å². The van der Waals surface area contributed by atoms with E-state index in [9.17, 15) is 28.3 Å². The van der Waals surface area contributed by atoms with E-state index in [0.717, 1.165) is 17.7 Å². The maximum atomic E-state index is 13.3. The van der Waals surface area contributed by atoms with Gasteiger partial charge in [0.25, 0.3) is 5.91 Å². The standard InChI is InChI=1S/C23H25F2N3O4/c1-13(27-23(32)20(29)16-9-17(24)11-18(25)10-16)21(30)28-19-8-7-15(12-26-22(19)31)14-5-3-2-4-6-14/h2-6,9-11,13,15,19-20,29H,7-8,12H2,1H3,(H,26,31)(H,27,32)(H,28,30)/t13-,15-,19-,20-/m0/s1. The van der Waals surface area contributed by atoms with Gasteiger partial charge in [0.1, 0.15) is 23.7 Å². The molecule has 1 heterocycles. The Kier molecular flexibility index (Phi) is 7.53. The normalized spacial score (nSPS) is 20.4. The molecule has 0 saturated carbocycles. The SMILES string of the molecule is C[C@H](NC(=O)[C@@H](O)c1cc(F)cc(F)c1)C(=O)N[C@H]1CC[C@H](c2ccccc2)CNC1=O. The maximum absolute atomic E-state index is 13.3. The Morgan fingerprint density at radius 1 is 1.06 bits per heavy atom. The van der Waals surface area contributed by atoms with E-state index in [-0.39, 0.29) is 17.4 Å². The van der Waals surface area contributed by atoms with Crippen molar-refractivity contribution in [3.8, 4) is 0 Å². The van der Waals surface area contributed by atoms with Gasteiger partial charge in [0.05, 0.1) is 0 Å². The lowest BCUT2D eigenvalue weighted by Crippen LogP contribution is -2.52. The van der Waals surface area contributed by atoms with Crippen LogP contribution in [-0.4, -0.2) is 41.5 Å². The second-order valence-electron chi connectivity index (χ2n) is 7.83. The number of hydrogen-bond acceptors (Lipinski definition) is 4. The summed E-state index contributed by atoms with van der Waals surface area (Å²) in [7, 11) is 0. The smallest absolute Gasteiger partial charge is 0.254 e. The van der Waals surface area contributed by atoms with Gasteiger partial charge in [-0.05, 0) is 43.0 Å². The summed E-state index contributed by atoms with van der Waals surface area (Å²) in [5, 5.41) is 17.8. The first kappa shape index (κ1) is 23.3. The molecule has 0 aromatic heterocycles. The average Bonchev–Trinajstić information content (AvgIpc) is 2.94. The van der Waals surface area contributed by atoms with Gasteiger partial charge in [-0.1, -0.05) is 30.3 Å². The van der Waals surface area contributed by atoms with Gasteiger partial charge in [-0.25, -0.2) is 8.78 Å². The van der Waals surface area contributed by atoms with Crippen LogP contribution in [0.4, 0.5) is 8.78 Å². The molecule has 0 radical (unpaired) electrons. The van der Waals surface area contributed by atoms with Crippen LogP contribution >= 0.6 is 0 Å². The third kappa shape index (κ3) is 5.88. The van der Waals surface area contributed by atoms with Crippen molar-refractivity contribution in [3.63, 3.8) is 0 Å². The van der Waals surface area contributed by atoms with Crippen molar-refractivity contribution in [2.75, 3.05) is 6.54 Å². The van der Waals surface area contributed by atoms with Gasteiger partial charge < -0.3 is 21.1 Å². The highest BCUT2D eigenvalue weighted by Gasteiger charge is 2.29. The lowest BCUT2D eigenvalue weighted by Gasteiger charge is -2.20. The summed E-state index contributed by atoms with van der Waals surface area (Å²) in [5.41, 5.74) is 0.825. The lowest BCUT2D eigenvalue weighted by atomic mass is 9.94. The number of rotatable bonds is 6. The second-order valence-corrected chi connectivity index (χ2v) is 7.83. The Morgan fingerprint density at radius 3 is 2.38 bits per heavy atom. The van der Waals surface area contributed by atoms with Crippen molar-refractivity contribution >= 4 is 17.7 Å². The lowest BCUT2D eigenvalue weighted by molar-refractivity contribution is -0.135. The molecule has 0 bridgehead atoms. The van der Waals surface area contributed by atoms with Gasteiger partial charge in [0.15, 0.2) is 6.10 Å². The molecule has 0 aliphatic carbocycles. The molecule has 1 fully saturated rings. The summed E-state index contributed by atoms with van der Waals surface area (Å²) in [6.07, 6.45) is -0.760. The zero-order valence-electron chi connectivity index (χ0n) is 17.5. The highest BCUT2D eigenvalue weighted by molar-refractivity contribution is 5.92. The monoisotopic (exact) mass is 445 g/mol. The van der Waals surface area contributed by atoms with Crippen LogP contribution in [0.1, 0.15) is 42.9 Å². The molecule has 2 aromatic rings. The van der Waals surface area contributed by atoms with E-state index in [1.807, 2.05) is 30.3 Å². The third-order valence-corrected chi connectivity index (χ3v) is 5.43. The van der Waals surface area contributed by atoms with Crippen molar-refractivity contribution in [2.24, 2.45) is 0 Å². The molecule has 0 unspecified atom stereocenters. The summed E-state index contributed by atoms with van der Waals surface area (Å²) in [6.45, 7) is 1.84. The summed E-state index contributed by atoms with van der Waals surface area (Å²) >= 11 is 0. The van der Waals surface area contributed by atoms with Crippen molar-refractivity contribution < 1.29 is 28.3 Å². The molecular weight excluding hydrogens is 420 g/mol. The number of halogens is 2. The van der Waals surface area contributed by atoms with E-state index < -0.39 is 41.6 Å². The van der Waals surface area contributed by atoms with Gasteiger partial charge in [-0.3, -0.25) is 14.4 Å². The maximum Gasteiger partial charge on any atom is 0.254 e. The topological polar surface area (TPSA) is 108 Å². The largest absolute Gasteiger partial charge is 0.378 e. The Hall–Kier alpha value is -3.33. The van der Waals surface area contributed by atoms with Gasteiger partial charge in [0.2, 0.25) is 11.8 Å². The second kappa shape index (κ2) is 10.3. The van der Waals surface area contributed by atoms with E-state index in [4.69, 9.17) is 0 Å². The first-order valence-electron chi connectivity index (χ1n) is 10.3. The first-order chi connectivity index (χ1) is 15.2. The molecule has 0 spiro atoms. The molecule has 4 atom stereocenters. The van der Waals surface area contributed by atoms with Crippen molar-refractivity contribution in [3.05, 3.63) is 71.3 Å². The molecule has 3 rings (SSSR count). The minimum absolute atomic E-state index is 0.126. The van der Waals surface area contributed by atoms with Crippen LogP contribution in [-0.2, 0) is 14.4 Å². The van der Waals surface area contributed by atoms with Crippen LogP contribution in [0.5, 0.6) is 0 Å². The van der Waals surface area contributed by atoms with Gasteiger partial charge in [-0.15, -0.1) is 0 Å². The molecule has 9 heteroatoms. The van der Waals surface area contributed by atoms with E-state index in [1.165, 1.54) is 6.92 Å². The third-order valence-electron chi connectivity index (χ3n) is 5.43. The fourth-order valence-corrected chi connectivity index (χ4v) is 3.63. The number of aliphatic hydroxyl groups is 1. The molecule has 1 saturated heterocycles. The van der Waals surface area contributed by atoms with E-state index >= 15 is 0 Å². The number of carbonyl (C=O) groups is 3. The van der Waals surface area contributed by atoms with Crippen LogP contribution in [0, 0.1) is 11.6 Å². The first-order valence-corrected chi connectivity index (χ1v) is 10.3. The number of hydrogen-bond donors (Lipinski definition) is 4. The quantitative estimate of drug-likeness (QED) is 0.543. The summed E-state index contributed by atoms with van der Waals surface area (Å²) in [4.78, 5) is 37.1. The minimum Gasteiger partial charge on any atom is -0.378 e. The number of nitrogens with one attached hydrogen (secondary N) is 3. The summed E-state index contributed by atoms with van der Waals surface area (Å²) < 4.78 is 26.6. The van der Waals surface area contributed by atoms with Crippen molar-refractivity contribution in [1.82, 2.24) is 16.0 Å². The fraction of sp³-hybridized carbons (Fsp3) is 0.348. The van der Waals surface area contributed by atoms with E-state index in [2.05, 4.69) is 16.0 Å². The molecule has 2 aromatic carbocycles. The van der Waals surface area contributed by atoms with Gasteiger partial charge in [0, 0.05) is 18.5 Å². The molecule has 1 aliphatic heterocycles. The Bertz CT molecular complexity index is 966. The van der Waals surface area contributed by atoms with Gasteiger partial charge in [-0.2, -0.15) is 0 Å². The molecule has 3 amide bonds. The summed E-state index contributed by atoms with van der Waals surface area (Å²) in [6, 6.07) is 10.2. The van der Waals surface area contributed by atoms with Crippen LogP contribution in [0.15, 0.2) is 48.5 Å². The molecule has 7 nitrogen and oxygen atoms in total. The number of amides is 3. The zero-order chi connectivity index (χ0) is 23.3. The molecule has 4 N–H and O–H groups in total. The number of benzene rings is 2. The number of carbonyl (C=O) groups excluding carboxylic acids is 3. The van der Waals surface area contributed by atoms with Crippen molar-refractivity contribution in [2.45, 2.75) is 43.9 Å². The Balaban J connectivity index is 1.56. The summed E-state index contributed by atoms with van der Waals surface area (Å²) in [5.74, 6) is -3.68. The van der Waals surface area contributed by atoms with Crippen molar-refractivity contribution in [1.29, 1.82) is 0 Å². The highest BCUT2D eigenvalue weighted by Crippen LogP contribution is 2.23. The predicted octanol–water partition coefficient (Wildman–Crippen LogP) is 1.68. The predicted molar refractivity (Wildman–Crippen MR) is 112 cm³/mol. The van der Waals surface area contributed by atoms with Crippen LogP contribution < -0.4 is 16.0 Å². The minimum atomic E-state index is -1.86. The molecular formula is C23H25F2N3O4. The van der Waals surface area contributed by atoms with Crippen LogP contribution in [0.3, 0.4) is 0 Å². The van der Waals surface area contributed by atoms with E-state index in [1.54, 1.807) is 0 Å². The Labute approximate surface area is 184 Å². The molecule has 1 aliphatic rings. The zero-order valence-corrected chi connectivity index (χ0v) is 17.5. The van der Waals surface area contributed by atoms with Gasteiger partial charge >= 0.3 is 0 Å².